The van der Waals surface area contributed by atoms with E-state index in [-0.39, 0.29) is 35.2 Å². The summed E-state index contributed by atoms with van der Waals surface area (Å²) in [5.74, 6) is 0.228. The van der Waals surface area contributed by atoms with E-state index in [9.17, 15) is 21.6 Å². The summed E-state index contributed by atoms with van der Waals surface area (Å²) in [6.45, 7) is 1.07. The molecule has 13 heteroatoms. The predicted octanol–water partition coefficient (Wildman–Crippen LogP) is 3.28. The number of fused-ring (bicyclic) bond motifs is 1. The lowest BCUT2D eigenvalue weighted by Crippen LogP contribution is -2.51. The Morgan fingerprint density at radius 2 is 1.52 bits per heavy atom. The van der Waals surface area contributed by atoms with E-state index >= 15 is 0 Å². The first kappa shape index (κ1) is 28.2. The Bertz CT molecular complexity index is 1580. The first-order valence-corrected chi connectivity index (χ1v) is 16.0. The molecule has 2 heterocycles. The van der Waals surface area contributed by atoms with Crippen molar-refractivity contribution in [3.8, 4) is 11.5 Å². The summed E-state index contributed by atoms with van der Waals surface area (Å²) in [6, 6.07) is 18.6. The Morgan fingerprint density at radius 3 is 2.23 bits per heavy atom. The van der Waals surface area contributed by atoms with Crippen LogP contribution in [0.1, 0.15) is 12.8 Å². The minimum absolute atomic E-state index is 0.0420. The van der Waals surface area contributed by atoms with E-state index in [2.05, 4.69) is 5.32 Å². The summed E-state index contributed by atoms with van der Waals surface area (Å²) < 4.78 is 66.3. The minimum atomic E-state index is -4.00. The molecule has 0 radical (unpaired) electrons. The second-order valence-corrected chi connectivity index (χ2v) is 13.5. The molecule has 2 aliphatic heterocycles. The van der Waals surface area contributed by atoms with Gasteiger partial charge < -0.3 is 14.8 Å². The van der Waals surface area contributed by atoms with Crippen LogP contribution >= 0.6 is 11.6 Å². The van der Waals surface area contributed by atoms with Crippen molar-refractivity contribution in [3.63, 3.8) is 0 Å². The van der Waals surface area contributed by atoms with Gasteiger partial charge in [0.25, 0.3) is 15.9 Å². The smallest absolute Gasteiger partial charge is 0.264 e. The zero-order chi connectivity index (χ0) is 28.3. The fraction of sp³-hybridized carbons (Fsp3) is 0.296. The van der Waals surface area contributed by atoms with Gasteiger partial charge >= 0.3 is 0 Å². The van der Waals surface area contributed by atoms with Crippen LogP contribution in [0.2, 0.25) is 5.02 Å². The SMILES string of the molecule is O=C(NCCOc1ccc(S(=O)(=O)N2CCCC2)cc1)C1CN(S(=O)(=O)c2ccc(Cl)cc2)c2ccccc2O1. The molecule has 2 aliphatic rings. The van der Waals surface area contributed by atoms with Gasteiger partial charge in [0.1, 0.15) is 18.1 Å². The van der Waals surface area contributed by atoms with Crippen LogP contribution in [0, 0.1) is 0 Å². The molecule has 0 aliphatic carbocycles. The van der Waals surface area contributed by atoms with E-state index in [1.807, 2.05) is 0 Å². The number of ether oxygens (including phenoxy) is 2. The maximum atomic E-state index is 13.4. The number of rotatable bonds is 9. The highest BCUT2D eigenvalue weighted by Gasteiger charge is 2.37. The molecule has 3 aromatic rings. The third-order valence-electron chi connectivity index (χ3n) is 6.63. The average Bonchev–Trinajstić information content (AvgIpc) is 3.51. The maximum Gasteiger partial charge on any atom is 0.264 e. The molecule has 40 heavy (non-hydrogen) atoms. The van der Waals surface area contributed by atoms with Crippen molar-refractivity contribution < 1.29 is 31.1 Å². The highest BCUT2D eigenvalue weighted by Crippen LogP contribution is 2.37. The molecule has 0 bridgehead atoms. The van der Waals surface area contributed by atoms with Crippen LogP contribution in [0.25, 0.3) is 0 Å². The number of para-hydroxylation sites is 2. The number of amides is 1. The summed E-state index contributed by atoms with van der Waals surface area (Å²) in [5.41, 5.74) is 0.333. The van der Waals surface area contributed by atoms with Crippen LogP contribution in [0.3, 0.4) is 0 Å². The Balaban J connectivity index is 1.19. The van der Waals surface area contributed by atoms with Crippen molar-refractivity contribution >= 4 is 43.2 Å². The quantitative estimate of drug-likeness (QED) is 0.372. The molecule has 0 saturated carbocycles. The largest absolute Gasteiger partial charge is 0.492 e. The highest BCUT2D eigenvalue weighted by atomic mass is 35.5. The Labute approximate surface area is 238 Å². The van der Waals surface area contributed by atoms with Gasteiger partial charge in [0.15, 0.2) is 6.10 Å². The fourth-order valence-corrected chi connectivity index (χ4v) is 7.66. The Hall–Kier alpha value is -3.32. The molecule has 0 aromatic heterocycles. The van der Waals surface area contributed by atoms with Crippen molar-refractivity contribution in [1.29, 1.82) is 0 Å². The first-order valence-electron chi connectivity index (χ1n) is 12.7. The van der Waals surface area contributed by atoms with E-state index in [0.29, 0.717) is 29.5 Å². The molecule has 1 amide bonds. The van der Waals surface area contributed by atoms with Crippen LogP contribution in [0.5, 0.6) is 11.5 Å². The molecule has 1 atom stereocenters. The number of anilines is 1. The van der Waals surface area contributed by atoms with Gasteiger partial charge in [0.2, 0.25) is 10.0 Å². The van der Waals surface area contributed by atoms with E-state index in [0.717, 1.165) is 17.1 Å². The van der Waals surface area contributed by atoms with Crippen molar-refractivity contribution in [2.45, 2.75) is 28.7 Å². The van der Waals surface area contributed by atoms with Crippen LogP contribution in [0.15, 0.2) is 82.6 Å². The summed E-state index contributed by atoms with van der Waals surface area (Å²) in [4.78, 5) is 13.2. The molecule has 10 nitrogen and oxygen atoms in total. The van der Waals surface area contributed by atoms with Crippen LogP contribution in [-0.2, 0) is 24.8 Å². The highest BCUT2D eigenvalue weighted by molar-refractivity contribution is 7.92. The number of sulfonamides is 2. The van der Waals surface area contributed by atoms with Gasteiger partial charge in [0.05, 0.1) is 28.6 Å². The third-order valence-corrected chi connectivity index (χ3v) is 10.6. The third kappa shape index (κ3) is 5.90. The van der Waals surface area contributed by atoms with E-state index in [4.69, 9.17) is 21.1 Å². The average molecular weight is 606 g/mol. The standard InChI is InChI=1S/C27H28ClN3O7S2/c28-20-7-11-23(12-8-20)40(35,36)31-19-26(38-25-6-2-1-5-24(25)31)27(32)29-15-18-37-21-9-13-22(14-10-21)39(33,34)30-16-3-4-17-30/h1-2,5-14,26H,3-4,15-19H2,(H,29,32). The lowest BCUT2D eigenvalue weighted by molar-refractivity contribution is -0.127. The number of nitrogens with zero attached hydrogens (tertiary/aromatic N) is 2. The predicted molar refractivity (Wildman–Crippen MR) is 150 cm³/mol. The van der Waals surface area contributed by atoms with Gasteiger partial charge in [-0.3, -0.25) is 9.10 Å². The molecule has 1 unspecified atom stereocenters. The topological polar surface area (TPSA) is 122 Å². The maximum absolute atomic E-state index is 13.4. The molecular weight excluding hydrogens is 578 g/mol. The number of benzene rings is 3. The van der Waals surface area contributed by atoms with Crippen molar-refractivity contribution in [1.82, 2.24) is 9.62 Å². The summed E-state index contributed by atoms with van der Waals surface area (Å²) in [6.07, 6.45) is 0.633. The Kier molecular flexibility index (Phi) is 8.22. The van der Waals surface area contributed by atoms with E-state index in [1.165, 1.54) is 40.7 Å². The summed E-state index contributed by atoms with van der Waals surface area (Å²) in [5, 5.41) is 3.12. The monoisotopic (exact) mass is 605 g/mol. The number of nitrogens with one attached hydrogen (secondary N) is 1. The number of hydrogen-bond acceptors (Lipinski definition) is 7. The van der Waals surface area contributed by atoms with Crippen LogP contribution in [0.4, 0.5) is 5.69 Å². The molecule has 3 aromatic carbocycles. The van der Waals surface area contributed by atoms with Gasteiger partial charge in [0, 0.05) is 18.1 Å². The van der Waals surface area contributed by atoms with Gasteiger partial charge in [-0.2, -0.15) is 4.31 Å². The molecular formula is C27H28ClN3O7S2. The Morgan fingerprint density at radius 1 is 0.900 bits per heavy atom. The molecule has 1 saturated heterocycles. The first-order chi connectivity index (χ1) is 19.2. The van der Waals surface area contributed by atoms with Crippen LogP contribution < -0.4 is 19.1 Å². The van der Waals surface area contributed by atoms with Gasteiger partial charge in [-0.25, -0.2) is 16.8 Å². The fourth-order valence-electron chi connectivity index (χ4n) is 4.54. The molecule has 1 N–H and O–H groups in total. The van der Waals surface area contributed by atoms with Crippen molar-refractivity contribution in [3.05, 3.63) is 77.8 Å². The minimum Gasteiger partial charge on any atom is -0.492 e. The summed E-state index contributed by atoms with van der Waals surface area (Å²) >= 11 is 5.92. The van der Waals surface area contributed by atoms with Crippen molar-refractivity contribution in [2.75, 3.05) is 37.1 Å². The molecule has 5 rings (SSSR count). The second kappa shape index (κ2) is 11.7. The number of halogens is 1. The van der Waals surface area contributed by atoms with Gasteiger partial charge in [-0.05, 0) is 73.5 Å². The zero-order valence-corrected chi connectivity index (χ0v) is 23.8. The van der Waals surface area contributed by atoms with E-state index < -0.39 is 32.1 Å². The zero-order valence-electron chi connectivity index (χ0n) is 21.4. The lowest BCUT2D eigenvalue weighted by Gasteiger charge is -2.34. The number of carbonyl (C=O) groups is 1. The van der Waals surface area contributed by atoms with Gasteiger partial charge in [-0.1, -0.05) is 23.7 Å². The second-order valence-electron chi connectivity index (χ2n) is 9.29. The number of hydrogen-bond donors (Lipinski definition) is 1. The molecule has 1 fully saturated rings. The normalized spacial score (nSPS) is 17.6. The van der Waals surface area contributed by atoms with Crippen LogP contribution in [-0.4, -0.2) is 65.9 Å². The van der Waals surface area contributed by atoms with E-state index in [1.54, 1.807) is 36.4 Å². The molecule has 212 valence electrons. The number of carbonyl (C=O) groups excluding carboxylic acids is 1. The lowest BCUT2D eigenvalue weighted by atomic mass is 10.2. The van der Waals surface area contributed by atoms with Gasteiger partial charge in [-0.15, -0.1) is 0 Å². The molecule has 0 spiro atoms. The van der Waals surface area contributed by atoms with Crippen molar-refractivity contribution in [2.24, 2.45) is 0 Å². The summed E-state index contributed by atoms with van der Waals surface area (Å²) in [7, 11) is -7.50.